The maximum Gasteiger partial charge on any atom is 0.573 e. The van der Waals surface area contributed by atoms with Gasteiger partial charge in [0.2, 0.25) is 5.95 Å². The number of fused-ring (bicyclic) bond motifs is 2. The Balaban J connectivity index is 1.40. The molecule has 2 aromatic carbocycles. The highest BCUT2D eigenvalue weighted by molar-refractivity contribution is 6.03. The number of alkyl halides is 3. The Morgan fingerprint density at radius 2 is 1.88 bits per heavy atom. The SMILES string of the molecule is Cc1cccn2cc(C(=O)Nc3nc4ccc(-c5cccc(OC(F)(F)F)c5)cc4[nH]3)nc12. The number of amides is 1. The Hall–Kier alpha value is -4.34. The molecule has 0 saturated carbocycles. The molecule has 5 rings (SSSR count). The van der Waals surface area contributed by atoms with Crippen molar-refractivity contribution in [2.45, 2.75) is 13.3 Å². The van der Waals surface area contributed by atoms with E-state index in [2.05, 4.69) is 25.0 Å². The fourth-order valence-corrected chi connectivity index (χ4v) is 3.56. The Morgan fingerprint density at radius 3 is 2.67 bits per heavy atom. The first-order valence-electron chi connectivity index (χ1n) is 9.87. The van der Waals surface area contributed by atoms with Crippen LogP contribution in [-0.2, 0) is 0 Å². The quantitative estimate of drug-likeness (QED) is 0.387. The second kappa shape index (κ2) is 7.66. The molecular weight excluding hydrogens is 435 g/mol. The van der Waals surface area contributed by atoms with E-state index < -0.39 is 12.3 Å². The first-order valence-corrected chi connectivity index (χ1v) is 9.87. The number of H-pyrrole nitrogens is 1. The number of halogens is 3. The average Bonchev–Trinajstić information content (AvgIpc) is 3.36. The van der Waals surface area contributed by atoms with Crippen LogP contribution in [0.2, 0.25) is 0 Å². The van der Waals surface area contributed by atoms with Crippen LogP contribution < -0.4 is 10.1 Å². The normalized spacial score (nSPS) is 11.8. The van der Waals surface area contributed by atoms with Gasteiger partial charge in [0.25, 0.3) is 5.91 Å². The summed E-state index contributed by atoms with van der Waals surface area (Å²) in [5, 5.41) is 2.70. The van der Waals surface area contributed by atoms with Gasteiger partial charge in [-0.3, -0.25) is 10.1 Å². The van der Waals surface area contributed by atoms with E-state index in [0.29, 0.717) is 27.8 Å². The number of ether oxygens (including phenoxy) is 1. The van der Waals surface area contributed by atoms with Gasteiger partial charge in [0.15, 0.2) is 0 Å². The van der Waals surface area contributed by atoms with Crippen LogP contribution in [0.4, 0.5) is 19.1 Å². The third-order valence-electron chi connectivity index (χ3n) is 5.03. The molecule has 3 heterocycles. The van der Waals surface area contributed by atoms with Crippen molar-refractivity contribution in [3.8, 4) is 16.9 Å². The average molecular weight is 451 g/mol. The lowest BCUT2D eigenvalue weighted by Crippen LogP contribution is -2.17. The predicted molar refractivity (Wildman–Crippen MR) is 116 cm³/mol. The Labute approximate surface area is 184 Å². The lowest BCUT2D eigenvalue weighted by atomic mass is 10.0. The third-order valence-corrected chi connectivity index (χ3v) is 5.03. The van der Waals surface area contributed by atoms with E-state index in [9.17, 15) is 18.0 Å². The Bertz CT molecular complexity index is 1500. The lowest BCUT2D eigenvalue weighted by molar-refractivity contribution is -0.274. The Morgan fingerprint density at radius 1 is 1.06 bits per heavy atom. The van der Waals surface area contributed by atoms with Gasteiger partial charge >= 0.3 is 6.36 Å². The number of benzene rings is 2. The predicted octanol–water partition coefficient (Wildman–Crippen LogP) is 5.34. The second-order valence-corrected chi connectivity index (χ2v) is 7.40. The van der Waals surface area contributed by atoms with Crippen molar-refractivity contribution in [1.82, 2.24) is 19.4 Å². The van der Waals surface area contributed by atoms with Gasteiger partial charge < -0.3 is 14.1 Å². The van der Waals surface area contributed by atoms with Crippen molar-refractivity contribution in [1.29, 1.82) is 0 Å². The number of carbonyl (C=O) groups excluding carboxylic acids is 1. The van der Waals surface area contributed by atoms with Crippen molar-refractivity contribution in [2.24, 2.45) is 0 Å². The number of aromatic nitrogens is 4. The van der Waals surface area contributed by atoms with Crippen LogP contribution in [0.5, 0.6) is 5.75 Å². The molecule has 166 valence electrons. The van der Waals surface area contributed by atoms with Crippen molar-refractivity contribution < 1.29 is 22.7 Å². The molecule has 0 spiro atoms. The molecule has 0 radical (unpaired) electrons. The number of hydrogen-bond acceptors (Lipinski definition) is 4. The molecule has 0 aliphatic carbocycles. The number of carbonyl (C=O) groups is 1. The van der Waals surface area contributed by atoms with Gasteiger partial charge in [-0.2, -0.15) is 0 Å². The van der Waals surface area contributed by atoms with E-state index in [4.69, 9.17) is 0 Å². The van der Waals surface area contributed by atoms with Crippen LogP contribution in [-0.4, -0.2) is 31.6 Å². The number of aryl methyl sites for hydroxylation is 1. The monoisotopic (exact) mass is 451 g/mol. The summed E-state index contributed by atoms with van der Waals surface area (Å²) in [6, 6.07) is 14.6. The van der Waals surface area contributed by atoms with Crippen LogP contribution in [0.1, 0.15) is 16.1 Å². The molecule has 0 atom stereocenters. The third kappa shape index (κ3) is 4.22. The summed E-state index contributed by atoms with van der Waals surface area (Å²) >= 11 is 0. The zero-order chi connectivity index (χ0) is 23.2. The number of pyridine rings is 1. The minimum Gasteiger partial charge on any atom is -0.406 e. The first kappa shape index (κ1) is 20.6. The number of nitrogens with one attached hydrogen (secondary N) is 2. The number of nitrogens with zero attached hydrogens (tertiary/aromatic N) is 3. The minimum absolute atomic E-state index is 0.232. The van der Waals surface area contributed by atoms with Gasteiger partial charge in [-0.25, -0.2) is 9.97 Å². The standard InChI is InChI=1S/C23H16F3N5O2/c1-13-4-3-9-31-12-19(27-20(13)31)21(32)30-22-28-17-8-7-15(11-18(17)29-22)14-5-2-6-16(10-14)33-23(24,25)26/h2-12H,1H3,(H2,28,29,30,32). The summed E-state index contributed by atoms with van der Waals surface area (Å²) in [4.78, 5) is 24.4. The van der Waals surface area contributed by atoms with Crippen LogP contribution in [0, 0.1) is 6.92 Å². The number of aromatic amines is 1. The highest BCUT2D eigenvalue weighted by Gasteiger charge is 2.31. The smallest absolute Gasteiger partial charge is 0.406 e. The molecule has 1 amide bonds. The van der Waals surface area contributed by atoms with E-state index in [1.807, 2.05) is 25.3 Å². The van der Waals surface area contributed by atoms with E-state index in [0.717, 1.165) is 5.56 Å². The van der Waals surface area contributed by atoms with Crippen LogP contribution in [0.15, 0.2) is 67.0 Å². The van der Waals surface area contributed by atoms with Gasteiger partial charge in [-0.15, -0.1) is 13.2 Å². The van der Waals surface area contributed by atoms with E-state index >= 15 is 0 Å². The highest BCUT2D eigenvalue weighted by Crippen LogP contribution is 2.29. The molecule has 5 aromatic rings. The molecule has 2 N–H and O–H groups in total. The molecule has 0 aliphatic rings. The van der Waals surface area contributed by atoms with E-state index in [1.165, 1.54) is 18.2 Å². The van der Waals surface area contributed by atoms with E-state index in [-0.39, 0.29) is 17.4 Å². The Kier molecular flexibility index (Phi) is 4.77. The fourth-order valence-electron chi connectivity index (χ4n) is 3.56. The van der Waals surface area contributed by atoms with Crippen molar-refractivity contribution >= 4 is 28.5 Å². The number of hydrogen-bond donors (Lipinski definition) is 2. The van der Waals surface area contributed by atoms with Crippen molar-refractivity contribution in [3.05, 3.63) is 78.2 Å². The summed E-state index contributed by atoms with van der Waals surface area (Å²) in [5.74, 6) is -0.496. The van der Waals surface area contributed by atoms with Crippen LogP contribution in [0.3, 0.4) is 0 Å². The van der Waals surface area contributed by atoms with Crippen molar-refractivity contribution in [2.75, 3.05) is 5.32 Å². The lowest BCUT2D eigenvalue weighted by Gasteiger charge is -2.10. The molecule has 7 nitrogen and oxygen atoms in total. The highest BCUT2D eigenvalue weighted by atomic mass is 19.4. The zero-order valence-electron chi connectivity index (χ0n) is 17.1. The minimum atomic E-state index is -4.77. The van der Waals surface area contributed by atoms with Crippen molar-refractivity contribution in [3.63, 3.8) is 0 Å². The van der Waals surface area contributed by atoms with Gasteiger partial charge in [0, 0.05) is 12.4 Å². The van der Waals surface area contributed by atoms with E-state index in [1.54, 1.807) is 34.9 Å². The van der Waals surface area contributed by atoms with Gasteiger partial charge in [-0.05, 0) is 53.9 Å². The van der Waals surface area contributed by atoms with Gasteiger partial charge in [0.05, 0.1) is 11.0 Å². The molecule has 0 saturated heterocycles. The maximum atomic E-state index is 12.7. The van der Waals surface area contributed by atoms with Gasteiger partial charge in [-0.1, -0.05) is 24.3 Å². The fraction of sp³-hybridized carbons (Fsp3) is 0.0870. The largest absolute Gasteiger partial charge is 0.573 e. The number of imidazole rings is 2. The molecule has 10 heteroatoms. The molecule has 0 aliphatic heterocycles. The molecule has 0 unspecified atom stereocenters. The first-order chi connectivity index (χ1) is 15.7. The van der Waals surface area contributed by atoms with Crippen LogP contribution >= 0.6 is 0 Å². The molecular formula is C23H16F3N5O2. The molecule has 3 aromatic heterocycles. The summed E-state index contributed by atoms with van der Waals surface area (Å²) in [6.07, 6.45) is -1.32. The maximum absolute atomic E-state index is 12.7. The summed E-state index contributed by atoms with van der Waals surface area (Å²) in [5.41, 5.74) is 4.27. The second-order valence-electron chi connectivity index (χ2n) is 7.40. The molecule has 33 heavy (non-hydrogen) atoms. The van der Waals surface area contributed by atoms with Crippen LogP contribution in [0.25, 0.3) is 27.8 Å². The molecule has 0 fully saturated rings. The summed E-state index contributed by atoms with van der Waals surface area (Å²) in [7, 11) is 0. The topological polar surface area (TPSA) is 84.3 Å². The number of rotatable bonds is 4. The molecule has 0 bridgehead atoms. The summed E-state index contributed by atoms with van der Waals surface area (Å²) in [6.45, 7) is 1.91. The number of anilines is 1. The zero-order valence-corrected chi connectivity index (χ0v) is 17.1. The van der Waals surface area contributed by atoms with Gasteiger partial charge in [0.1, 0.15) is 17.1 Å². The summed E-state index contributed by atoms with van der Waals surface area (Å²) < 4.78 is 43.3.